The Labute approximate surface area is 127 Å². The van der Waals surface area contributed by atoms with Gasteiger partial charge in [0.25, 0.3) is 0 Å². The van der Waals surface area contributed by atoms with E-state index in [2.05, 4.69) is 4.98 Å². The van der Waals surface area contributed by atoms with Crippen LogP contribution in [0.1, 0.15) is 17.0 Å². The van der Waals surface area contributed by atoms with Gasteiger partial charge >= 0.3 is 0 Å². The molecule has 0 aliphatic rings. The van der Waals surface area contributed by atoms with Crippen LogP contribution < -0.4 is 5.73 Å². The van der Waals surface area contributed by atoms with Crippen LogP contribution >= 0.6 is 35.0 Å². The van der Waals surface area contributed by atoms with Crippen molar-refractivity contribution < 1.29 is 0 Å². The summed E-state index contributed by atoms with van der Waals surface area (Å²) < 4.78 is 0. The highest BCUT2D eigenvalue weighted by Crippen LogP contribution is 2.37. The number of hydrogen-bond donors (Lipinski definition) is 1. The highest BCUT2D eigenvalue weighted by atomic mass is 35.5. The number of nitrogens with zero attached hydrogens (tertiary/aromatic N) is 1. The first-order valence-electron chi connectivity index (χ1n) is 5.81. The van der Waals surface area contributed by atoms with Crippen LogP contribution in [-0.4, -0.2) is 4.98 Å². The summed E-state index contributed by atoms with van der Waals surface area (Å²) in [5, 5.41) is 1.35. The van der Waals surface area contributed by atoms with E-state index >= 15 is 0 Å². The van der Waals surface area contributed by atoms with Gasteiger partial charge in [-0.25, -0.2) is 0 Å². The summed E-state index contributed by atoms with van der Waals surface area (Å²) in [6.07, 6.45) is 0. The molecule has 0 unspecified atom stereocenters. The molecule has 0 saturated heterocycles. The molecule has 0 atom stereocenters. The van der Waals surface area contributed by atoms with Crippen molar-refractivity contribution in [2.75, 3.05) is 0 Å². The van der Waals surface area contributed by atoms with E-state index in [0.29, 0.717) is 16.6 Å². The lowest BCUT2D eigenvalue weighted by Gasteiger charge is -2.12. The van der Waals surface area contributed by atoms with E-state index in [9.17, 15) is 0 Å². The standard InChI is InChI=1S/C14H14Cl2N2S/c1-8-5-13(11(7-17)9(2)18-8)19-14-6-10(15)3-4-12(14)16/h3-6H,7,17H2,1-2H3. The molecule has 0 bridgehead atoms. The molecule has 0 saturated carbocycles. The predicted molar refractivity (Wildman–Crippen MR) is 82.2 cm³/mol. The predicted octanol–water partition coefficient (Wildman–Crippen LogP) is 4.62. The summed E-state index contributed by atoms with van der Waals surface area (Å²) in [5.41, 5.74) is 8.79. The topological polar surface area (TPSA) is 38.9 Å². The van der Waals surface area contributed by atoms with Crippen molar-refractivity contribution in [3.63, 3.8) is 0 Å². The minimum absolute atomic E-state index is 0.458. The Hall–Kier alpha value is -0.740. The number of halogens is 2. The van der Waals surface area contributed by atoms with Crippen molar-refractivity contribution in [2.45, 2.75) is 30.2 Å². The van der Waals surface area contributed by atoms with Crippen LogP contribution in [0.5, 0.6) is 0 Å². The summed E-state index contributed by atoms with van der Waals surface area (Å²) in [6, 6.07) is 7.47. The van der Waals surface area contributed by atoms with Gasteiger partial charge in [0.2, 0.25) is 0 Å². The average molecular weight is 313 g/mol. The van der Waals surface area contributed by atoms with Crippen molar-refractivity contribution in [3.8, 4) is 0 Å². The molecule has 0 aliphatic carbocycles. The molecule has 100 valence electrons. The van der Waals surface area contributed by atoms with Crippen LogP contribution in [0.25, 0.3) is 0 Å². The highest BCUT2D eigenvalue weighted by Gasteiger charge is 2.11. The molecule has 0 amide bonds. The number of aryl methyl sites for hydroxylation is 2. The molecule has 0 aliphatic heterocycles. The molecule has 1 aromatic carbocycles. The first-order chi connectivity index (χ1) is 9.01. The molecule has 5 heteroatoms. The minimum Gasteiger partial charge on any atom is -0.326 e. The lowest BCUT2D eigenvalue weighted by atomic mass is 10.2. The summed E-state index contributed by atoms with van der Waals surface area (Å²) in [7, 11) is 0. The first kappa shape index (κ1) is 14.7. The van der Waals surface area contributed by atoms with E-state index in [1.54, 1.807) is 23.9 Å². The second-order valence-electron chi connectivity index (χ2n) is 4.21. The zero-order valence-corrected chi connectivity index (χ0v) is 13.0. The van der Waals surface area contributed by atoms with E-state index in [-0.39, 0.29) is 0 Å². The van der Waals surface area contributed by atoms with Gasteiger partial charge in [-0.2, -0.15) is 0 Å². The summed E-state index contributed by atoms with van der Waals surface area (Å²) >= 11 is 13.8. The van der Waals surface area contributed by atoms with E-state index in [4.69, 9.17) is 28.9 Å². The normalized spacial score (nSPS) is 10.8. The summed E-state index contributed by atoms with van der Waals surface area (Å²) in [4.78, 5) is 6.44. The molecule has 19 heavy (non-hydrogen) atoms. The van der Waals surface area contributed by atoms with Crippen LogP contribution in [0.3, 0.4) is 0 Å². The zero-order valence-electron chi connectivity index (χ0n) is 10.7. The monoisotopic (exact) mass is 312 g/mol. The second-order valence-corrected chi connectivity index (χ2v) is 6.13. The second kappa shape index (κ2) is 6.14. The maximum Gasteiger partial charge on any atom is 0.0546 e. The average Bonchev–Trinajstić information content (AvgIpc) is 2.33. The lowest BCUT2D eigenvalue weighted by Crippen LogP contribution is -2.04. The van der Waals surface area contributed by atoms with Gasteiger partial charge in [-0.3, -0.25) is 4.98 Å². The highest BCUT2D eigenvalue weighted by molar-refractivity contribution is 7.99. The zero-order chi connectivity index (χ0) is 14.0. The third-order valence-electron chi connectivity index (χ3n) is 2.74. The first-order valence-corrected chi connectivity index (χ1v) is 7.38. The third kappa shape index (κ3) is 3.42. The molecule has 2 rings (SSSR count). The van der Waals surface area contributed by atoms with Gasteiger partial charge in [-0.15, -0.1) is 0 Å². The number of pyridine rings is 1. The Morgan fingerprint density at radius 1 is 1.16 bits per heavy atom. The van der Waals surface area contributed by atoms with E-state index in [1.165, 1.54) is 0 Å². The Morgan fingerprint density at radius 3 is 2.58 bits per heavy atom. The molecule has 0 fully saturated rings. The molecular formula is C14H14Cl2N2S. The Kier molecular flexibility index (Phi) is 4.74. The largest absolute Gasteiger partial charge is 0.326 e. The van der Waals surface area contributed by atoms with E-state index in [1.807, 2.05) is 26.0 Å². The van der Waals surface area contributed by atoms with Crippen LogP contribution in [0.2, 0.25) is 10.0 Å². The molecule has 0 radical (unpaired) electrons. The van der Waals surface area contributed by atoms with E-state index in [0.717, 1.165) is 26.7 Å². The van der Waals surface area contributed by atoms with Crippen molar-refractivity contribution in [2.24, 2.45) is 5.73 Å². The smallest absolute Gasteiger partial charge is 0.0546 e. The third-order valence-corrected chi connectivity index (χ3v) is 4.55. The Morgan fingerprint density at radius 2 is 1.89 bits per heavy atom. The maximum absolute atomic E-state index is 6.19. The summed E-state index contributed by atoms with van der Waals surface area (Å²) in [5.74, 6) is 0. The molecule has 2 N–H and O–H groups in total. The molecular weight excluding hydrogens is 299 g/mol. The lowest BCUT2D eigenvalue weighted by molar-refractivity contribution is 0.945. The fourth-order valence-electron chi connectivity index (χ4n) is 1.83. The van der Waals surface area contributed by atoms with Crippen molar-refractivity contribution in [1.29, 1.82) is 0 Å². The SMILES string of the molecule is Cc1cc(Sc2cc(Cl)ccc2Cl)c(CN)c(C)n1. The van der Waals surface area contributed by atoms with E-state index < -0.39 is 0 Å². The minimum atomic E-state index is 0.458. The fraction of sp³-hybridized carbons (Fsp3) is 0.214. The molecule has 0 spiro atoms. The van der Waals surface area contributed by atoms with Crippen LogP contribution in [-0.2, 0) is 6.54 Å². The molecule has 1 aromatic heterocycles. The van der Waals surface area contributed by atoms with Gasteiger partial charge in [0.05, 0.1) is 5.02 Å². The van der Waals surface area contributed by atoms with Gasteiger partial charge in [0.15, 0.2) is 0 Å². The Bertz CT molecular complexity index is 615. The van der Waals surface area contributed by atoms with Crippen LogP contribution in [0.15, 0.2) is 34.1 Å². The fourth-order valence-corrected chi connectivity index (χ4v) is 3.47. The van der Waals surface area contributed by atoms with Crippen LogP contribution in [0, 0.1) is 13.8 Å². The molecule has 2 aromatic rings. The molecule has 1 heterocycles. The quantitative estimate of drug-likeness (QED) is 0.899. The number of nitrogens with two attached hydrogens (primary N) is 1. The van der Waals surface area contributed by atoms with Gasteiger partial charge in [0.1, 0.15) is 0 Å². The van der Waals surface area contributed by atoms with Gasteiger partial charge in [-0.1, -0.05) is 35.0 Å². The van der Waals surface area contributed by atoms with Crippen molar-refractivity contribution in [1.82, 2.24) is 4.98 Å². The van der Waals surface area contributed by atoms with Gasteiger partial charge in [0, 0.05) is 38.3 Å². The number of hydrogen-bond acceptors (Lipinski definition) is 3. The number of benzene rings is 1. The maximum atomic E-state index is 6.19. The van der Waals surface area contributed by atoms with Crippen molar-refractivity contribution >= 4 is 35.0 Å². The summed E-state index contributed by atoms with van der Waals surface area (Å²) in [6.45, 7) is 4.40. The van der Waals surface area contributed by atoms with Crippen molar-refractivity contribution in [3.05, 3.63) is 51.3 Å². The number of rotatable bonds is 3. The number of aromatic nitrogens is 1. The van der Waals surface area contributed by atoms with Gasteiger partial charge in [-0.05, 0) is 38.1 Å². The van der Waals surface area contributed by atoms with Gasteiger partial charge < -0.3 is 5.73 Å². The Balaban J connectivity index is 2.45. The van der Waals surface area contributed by atoms with Crippen LogP contribution in [0.4, 0.5) is 0 Å². The molecule has 2 nitrogen and oxygen atoms in total.